The first-order valence-corrected chi connectivity index (χ1v) is 10.3. The first-order chi connectivity index (χ1) is 14.1. The number of benzene rings is 2. The Morgan fingerprint density at radius 3 is 2.17 bits per heavy atom. The van der Waals surface area contributed by atoms with Gasteiger partial charge in [-0.25, -0.2) is 13.1 Å². The standard InChI is InChI=1S/C19H21F3N2O5S/c1-28-12-11-24-30(26,27)17-8-2-14(3-9-17)18(25)23-10-13-29-16-6-4-15(5-7-16)19(20,21)22/h2-9,24H,10-13H2,1H3,(H,23,25). The van der Waals surface area contributed by atoms with Crippen molar-refractivity contribution in [3.05, 3.63) is 59.7 Å². The van der Waals surface area contributed by atoms with E-state index < -0.39 is 27.7 Å². The number of hydrogen-bond acceptors (Lipinski definition) is 5. The van der Waals surface area contributed by atoms with Crippen LogP contribution >= 0.6 is 0 Å². The molecule has 0 saturated carbocycles. The van der Waals surface area contributed by atoms with Gasteiger partial charge < -0.3 is 14.8 Å². The van der Waals surface area contributed by atoms with E-state index in [2.05, 4.69) is 10.0 Å². The fraction of sp³-hybridized carbons (Fsp3) is 0.316. The van der Waals surface area contributed by atoms with Crippen LogP contribution in [0.4, 0.5) is 13.2 Å². The van der Waals surface area contributed by atoms with E-state index in [1.54, 1.807) is 0 Å². The lowest BCUT2D eigenvalue weighted by atomic mass is 10.2. The Balaban J connectivity index is 1.81. The summed E-state index contributed by atoms with van der Waals surface area (Å²) in [7, 11) is -2.24. The van der Waals surface area contributed by atoms with Crippen molar-refractivity contribution in [3.63, 3.8) is 0 Å². The summed E-state index contributed by atoms with van der Waals surface area (Å²) >= 11 is 0. The number of halogens is 3. The number of sulfonamides is 1. The minimum atomic E-state index is -4.42. The van der Waals surface area contributed by atoms with Gasteiger partial charge in [-0.15, -0.1) is 0 Å². The van der Waals surface area contributed by atoms with Gasteiger partial charge in [-0.3, -0.25) is 4.79 Å². The van der Waals surface area contributed by atoms with Crippen LogP contribution in [0, 0.1) is 0 Å². The van der Waals surface area contributed by atoms with Crippen LogP contribution in [0.15, 0.2) is 53.4 Å². The fourth-order valence-corrected chi connectivity index (χ4v) is 3.34. The highest BCUT2D eigenvalue weighted by Crippen LogP contribution is 2.30. The van der Waals surface area contributed by atoms with Crippen LogP contribution in [-0.4, -0.2) is 47.7 Å². The van der Waals surface area contributed by atoms with Crippen LogP contribution < -0.4 is 14.8 Å². The summed E-state index contributed by atoms with van der Waals surface area (Å²) < 4.78 is 74.1. The predicted octanol–water partition coefficient (Wildman–Crippen LogP) is 2.44. The van der Waals surface area contributed by atoms with Gasteiger partial charge in [0.05, 0.1) is 23.6 Å². The molecule has 0 aromatic heterocycles. The van der Waals surface area contributed by atoms with Crippen LogP contribution in [0.2, 0.25) is 0 Å². The molecule has 30 heavy (non-hydrogen) atoms. The van der Waals surface area contributed by atoms with Crippen LogP contribution in [0.5, 0.6) is 5.75 Å². The molecule has 0 spiro atoms. The molecule has 0 aliphatic heterocycles. The van der Waals surface area contributed by atoms with Crippen molar-refractivity contribution >= 4 is 15.9 Å². The number of ether oxygens (including phenoxy) is 2. The van der Waals surface area contributed by atoms with Gasteiger partial charge in [0.1, 0.15) is 12.4 Å². The molecular weight excluding hydrogens is 425 g/mol. The SMILES string of the molecule is COCCNS(=O)(=O)c1ccc(C(=O)NCCOc2ccc(C(F)(F)F)cc2)cc1. The molecule has 2 aromatic rings. The largest absolute Gasteiger partial charge is 0.492 e. The van der Waals surface area contributed by atoms with Gasteiger partial charge >= 0.3 is 6.18 Å². The number of alkyl halides is 3. The van der Waals surface area contributed by atoms with E-state index in [1.165, 1.54) is 43.5 Å². The quantitative estimate of drug-likeness (QED) is 0.547. The molecule has 2 rings (SSSR count). The van der Waals surface area contributed by atoms with Crippen molar-refractivity contribution in [3.8, 4) is 5.75 Å². The Labute approximate surface area is 172 Å². The van der Waals surface area contributed by atoms with Crippen molar-refractivity contribution < 1.29 is 35.9 Å². The molecule has 0 unspecified atom stereocenters. The molecule has 1 amide bonds. The molecule has 11 heteroatoms. The van der Waals surface area contributed by atoms with Crippen molar-refractivity contribution in [1.82, 2.24) is 10.0 Å². The Morgan fingerprint density at radius 2 is 1.60 bits per heavy atom. The summed E-state index contributed by atoms with van der Waals surface area (Å²) in [5.41, 5.74) is -0.525. The monoisotopic (exact) mass is 446 g/mol. The zero-order valence-electron chi connectivity index (χ0n) is 16.0. The molecule has 0 radical (unpaired) electrons. The summed E-state index contributed by atoms with van der Waals surface area (Å²) in [4.78, 5) is 12.1. The average molecular weight is 446 g/mol. The van der Waals surface area contributed by atoms with Crippen molar-refractivity contribution in [2.75, 3.05) is 33.4 Å². The van der Waals surface area contributed by atoms with Crippen molar-refractivity contribution in [2.24, 2.45) is 0 Å². The highest BCUT2D eigenvalue weighted by atomic mass is 32.2. The normalized spacial score (nSPS) is 11.9. The molecule has 7 nitrogen and oxygen atoms in total. The first-order valence-electron chi connectivity index (χ1n) is 8.80. The van der Waals surface area contributed by atoms with Gasteiger partial charge in [-0.1, -0.05) is 0 Å². The zero-order valence-corrected chi connectivity index (χ0v) is 16.8. The Bertz CT molecular complexity index is 930. The molecule has 0 atom stereocenters. The molecule has 0 saturated heterocycles. The summed E-state index contributed by atoms with van der Waals surface area (Å²) in [6, 6.07) is 9.58. The van der Waals surface area contributed by atoms with Crippen molar-refractivity contribution in [2.45, 2.75) is 11.1 Å². The summed E-state index contributed by atoms with van der Waals surface area (Å²) in [6.07, 6.45) is -4.42. The summed E-state index contributed by atoms with van der Waals surface area (Å²) in [6.45, 7) is 0.514. The highest BCUT2D eigenvalue weighted by molar-refractivity contribution is 7.89. The van der Waals surface area contributed by atoms with E-state index >= 15 is 0 Å². The number of amides is 1. The minimum Gasteiger partial charge on any atom is -0.492 e. The van der Waals surface area contributed by atoms with E-state index in [0.717, 1.165) is 12.1 Å². The Morgan fingerprint density at radius 1 is 0.967 bits per heavy atom. The Hall–Kier alpha value is -2.63. The number of methoxy groups -OCH3 is 1. The Kier molecular flexibility index (Phi) is 8.21. The van der Waals surface area contributed by atoms with E-state index in [0.29, 0.717) is 0 Å². The van der Waals surface area contributed by atoms with Gasteiger partial charge in [0.2, 0.25) is 10.0 Å². The smallest absolute Gasteiger partial charge is 0.416 e. The molecule has 2 N–H and O–H groups in total. The number of nitrogens with one attached hydrogen (secondary N) is 2. The second-order valence-corrected chi connectivity index (χ2v) is 7.81. The van der Waals surface area contributed by atoms with E-state index in [-0.39, 0.29) is 42.5 Å². The van der Waals surface area contributed by atoms with E-state index in [4.69, 9.17) is 9.47 Å². The first kappa shape index (κ1) is 23.6. The second kappa shape index (κ2) is 10.4. The molecular formula is C19H21F3N2O5S. The topological polar surface area (TPSA) is 93.7 Å². The summed E-state index contributed by atoms with van der Waals surface area (Å²) in [5, 5.41) is 2.58. The van der Waals surface area contributed by atoms with E-state index in [1.807, 2.05) is 0 Å². The number of rotatable bonds is 10. The van der Waals surface area contributed by atoms with Crippen LogP contribution in [0.25, 0.3) is 0 Å². The zero-order chi connectivity index (χ0) is 22.2. The molecule has 0 heterocycles. The number of hydrogen-bond donors (Lipinski definition) is 2. The lowest BCUT2D eigenvalue weighted by Gasteiger charge is -2.10. The van der Waals surface area contributed by atoms with Gasteiger partial charge in [0.15, 0.2) is 0 Å². The average Bonchev–Trinajstić information content (AvgIpc) is 2.71. The molecule has 164 valence electrons. The van der Waals surface area contributed by atoms with Gasteiger partial charge in [0, 0.05) is 19.2 Å². The third kappa shape index (κ3) is 7.01. The summed E-state index contributed by atoms with van der Waals surface area (Å²) in [5.74, 6) is -0.199. The third-order valence-corrected chi connectivity index (χ3v) is 5.34. The van der Waals surface area contributed by atoms with Gasteiger partial charge in [0.25, 0.3) is 5.91 Å². The number of carbonyl (C=O) groups is 1. The van der Waals surface area contributed by atoms with Gasteiger partial charge in [-0.05, 0) is 48.5 Å². The second-order valence-electron chi connectivity index (χ2n) is 6.04. The maximum Gasteiger partial charge on any atom is 0.416 e. The lowest BCUT2D eigenvalue weighted by molar-refractivity contribution is -0.137. The lowest BCUT2D eigenvalue weighted by Crippen LogP contribution is -2.29. The van der Waals surface area contributed by atoms with Crippen LogP contribution in [0.1, 0.15) is 15.9 Å². The molecule has 2 aromatic carbocycles. The van der Waals surface area contributed by atoms with Crippen LogP contribution in [-0.2, 0) is 20.9 Å². The maximum atomic E-state index is 12.5. The minimum absolute atomic E-state index is 0.0146. The molecule has 0 aliphatic rings. The third-order valence-electron chi connectivity index (χ3n) is 3.86. The van der Waals surface area contributed by atoms with Crippen LogP contribution in [0.3, 0.4) is 0 Å². The molecule has 0 aliphatic carbocycles. The molecule has 0 bridgehead atoms. The van der Waals surface area contributed by atoms with Gasteiger partial charge in [-0.2, -0.15) is 13.2 Å². The predicted molar refractivity (Wildman–Crippen MR) is 103 cm³/mol. The molecule has 0 fully saturated rings. The fourth-order valence-electron chi connectivity index (χ4n) is 2.32. The highest BCUT2D eigenvalue weighted by Gasteiger charge is 2.30. The number of carbonyl (C=O) groups excluding carboxylic acids is 1. The van der Waals surface area contributed by atoms with Crippen molar-refractivity contribution in [1.29, 1.82) is 0 Å². The maximum absolute atomic E-state index is 12.5. The van der Waals surface area contributed by atoms with E-state index in [9.17, 15) is 26.4 Å².